The van der Waals surface area contributed by atoms with Gasteiger partial charge in [-0.2, -0.15) is 29.5 Å². The molecule has 146 valence electrons. The third kappa shape index (κ3) is 4.58. The molecule has 0 aliphatic rings. The SMILES string of the molecule is Cc1ccc(C(N)=O)cc1Nc1ncc(C(F)(F)F)c(NCc2ccsc2)n1. The molecule has 3 aromatic rings. The summed E-state index contributed by atoms with van der Waals surface area (Å²) in [5.74, 6) is -0.986. The van der Waals surface area contributed by atoms with Crippen molar-refractivity contribution in [2.24, 2.45) is 5.73 Å². The van der Waals surface area contributed by atoms with Gasteiger partial charge in [-0.15, -0.1) is 0 Å². The van der Waals surface area contributed by atoms with Crippen molar-refractivity contribution in [2.45, 2.75) is 19.6 Å². The lowest BCUT2D eigenvalue weighted by Gasteiger charge is -2.15. The fourth-order valence-electron chi connectivity index (χ4n) is 2.39. The Hall–Kier alpha value is -3.14. The number of alkyl halides is 3. The number of carbonyl (C=O) groups is 1. The Morgan fingerprint density at radius 2 is 2.07 bits per heavy atom. The van der Waals surface area contributed by atoms with Crippen LogP contribution in [-0.2, 0) is 12.7 Å². The number of nitrogens with two attached hydrogens (primary N) is 1. The van der Waals surface area contributed by atoms with Crippen LogP contribution in [0.2, 0.25) is 0 Å². The molecule has 0 unspecified atom stereocenters. The zero-order chi connectivity index (χ0) is 20.3. The summed E-state index contributed by atoms with van der Waals surface area (Å²) in [6, 6.07) is 6.54. The summed E-state index contributed by atoms with van der Waals surface area (Å²) in [5.41, 5.74) is 6.64. The molecule has 0 radical (unpaired) electrons. The molecule has 1 aromatic carbocycles. The molecule has 0 saturated heterocycles. The molecular formula is C18H16F3N5OS. The van der Waals surface area contributed by atoms with E-state index in [1.54, 1.807) is 19.1 Å². The van der Waals surface area contributed by atoms with E-state index in [-0.39, 0.29) is 23.9 Å². The zero-order valence-electron chi connectivity index (χ0n) is 14.7. The Balaban J connectivity index is 1.91. The minimum atomic E-state index is -4.60. The van der Waals surface area contributed by atoms with Crippen LogP contribution in [0.5, 0.6) is 0 Å². The molecule has 0 bridgehead atoms. The Morgan fingerprint density at radius 1 is 1.29 bits per heavy atom. The van der Waals surface area contributed by atoms with Crippen LogP contribution in [0.1, 0.15) is 27.0 Å². The number of hydrogen-bond acceptors (Lipinski definition) is 6. The predicted molar refractivity (Wildman–Crippen MR) is 102 cm³/mol. The fourth-order valence-corrected chi connectivity index (χ4v) is 3.06. The number of aromatic nitrogens is 2. The van der Waals surface area contributed by atoms with E-state index >= 15 is 0 Å². The molecule has 1 amide bonds. The maximum Gasteiger partial charge on any atom is 0.421 e. The van der Waals surface area contributed by atoms with Crippen LogP contribution in [0, 0.1) is 6.92 Å². The Labute approximate surface area is 162 Å². The van der Waals surface area contributed by atoms with Crippen LogP contribution in [0.15, 0.2) is 41.2 Å². The molecule has 2 aromatic heterocycles. The van der Waals surface area contributed by atoms with Crippen LogP contribution in [0.4, 0.5) is 30.6 Å². The van der Waals surface area contributed by atoms with Crippen molar-refractivity contribution in [1.29, 1.82) is 0 Å². The zero-order valence-corrected chi connectivity index (χ0v) is 15.5. The standard InChI is InChI=1S/C18H16F3N5OS/c1-10-2-3-12(15(22)27)6-14(10)25-17-24-8-13(18(19,20)21)16(26-17)23-7-11-4-5-28-9-11/h2-6,8-9H,7H2,1H3,(H2,22,27)(H2,23,24,25,26). The molecule has 10 heteroatoms. The second-order valence-corrected chi connectivity index (χ2v) is 6.74. The molecular weight excluding hydrogens is 391 g/mol. The lowest BCUT2D eigenvalue weighted by molar-refractivity contribution is -0.137. The molecule has 2 heterocycles. The largest absolute Gasteiger partial charge is 0.421 e. The van der Waals surface area contributed by atoms with E-state index < -0.39 is 17.6 Å². The Bertz CT molecular complexity index is 989. The van der Waals surface area contributed by atoms with Gasteiger partial charge in [-0.3, -0.25) is 4.79 Å². The summed E-state index contributed by atoms with van der Waals surface area (Å²) in [5, 5.41) is 9.23. The van der Waals surface area contributed by atoms with Crippen molar-refractivity contribution >= 4 is 34.7 Å². The van der Waals surface area contributed by atoms with Crippen molar-refractivity contribution < 1.29 is 18.0 Å². The number of anilines is 3. The van der Waals surface area contributed by atoms with Gasteiger partial charge >= 0.3 is 6.18 Å². The highest BCUT2D eigenvalue weighted by Gasteiger charge is 2.35. The van der Waals surface area contributed by atoms with Crippen LogP contribution >= 0.6 is 11.3 Å². The predicted octanol–water partition coefficient (Wildman–Crippen LogP) is 4.32. The van der Waals surface area contributed by atoms with E-state index in [1.807, 2.05) is 16.8 Å². The lowest BCUT2D eigenvalue weighted by atomic mass is 10.1. The molecule has 0 fully saturated rings. The maximum absolute atomic E-state index is 13.3. The van der Waals surface area contributed by atoms with Crippen molar-refractivity contribution in [1.82, 2.24) is 9.97 Å². The number of primary amides is 1. The van der Waals surface area contributed by atoms with Gasteiger partial charge in [0.1, 0.15) is 11.4 Å². The van der Waals surface area contributed by atoms with Crippen LogP contribution in [0.25, 0.3) is 0 Å². The molecule has 0 spiro atoms. The summed E-state index contributed by atoms with van der Waals surface area (Å²) in [6.07, 6.45) is -3.88. The topological polar surface area (TPSA) is 92.9 Å². The third-order valence-corrected chi connectivity index (χ3v) is 4.63. The van der Waals surface area contributed by atoms with E-state index in [4.69, 9.17) is 5.73 Å². The van der Waals surface area contributed by atoms with Crippen LogP contribution in [-0.4, -0.2) is 15.9 Å². The number of hydrogen-bond donors (Lipinski definition) is 3. The minimum Gasteiger partial charge on any atom is -0.366 e. The van der Waals surface area contributed by atoms with Gasteiger partial charge in [-0.1, -0.05) is 6.07 Å². The van der Waals surface area contributed by atoms with Crippen LogP contribution < -0.4 is 16.4 Å². The summed E-state index contributed by atoms with van der Waals surface area (Å²) in [4.78, 5) is 19.1. The van der Waals surface area contributed by atoms with E-state index in [0.717, 1.165) is 17.3 Å². The molecule has 0 saturated carbocycles. The summed E-state index contributed by atoms with van der Waals surface area (Å²) >= 11 is 1.45. The van der Waals surface area contributed by atoms with Gasteiger partial charge in [0.2, 0.25) is 11.9 Å². The van der Waals surface area contributed by atoms with E-state index in [0.29, 0.717) is 5.69 Å². The number of benzene rings is 1. The van der Waals surface area contributed by atoms with Crippen molar-refractivity contribution in [3.63, 3.8) is 0 Å². The van der Waals surface area contributed by atoms with Crippen LogP contribution in [0.3, 0.4) is 0 Å². The average molecular weight is 407 g/mol. The van der Waals surface area contributed by atoms with Crippen molar-refractivity contribution in [2.75, 3.05) is 10.6 Å². The number of nitrogens with zero attached hydrogens (tertiary/aromatic N) is 2. The van der Waals surface area contributed by atoms with E-state index in [1.165, 1.54) is 17.4 Å². The summed E-state index contributed by atoms with van der Waals surface area (Å²) < 4.78 is 39.9. The molecule has 0 atom stereocenters. The highest BCUT2D eigenvalue weighted by atomic mass is 32.1. The van der Waals surface area contributed by atoms with E-state index in [9.17, 15) is 18.0 Å². The second kappa shape index (κ2) is 7.85. The summed E-state index contributed by atoms with van der Waals surface area (Å²) in [6.45, 7) is 1.96. The van der Waals surface area contributed by atoms with Gasteiger partial charge in [0.25, 0.3) is 0 Å². The summed E-state index contributed by atoms with van der Waals surface area (Å²) in [7, 11) is 0. The maximum atomic E-state index is 13.3. The molecule has 0 aliphatic heterocycles. The number of halogens is 3. The normalized spacial score (nSPS) is 11.3. The lowest BCUT2D eigenvalue weighted by Crippen LogP contribution is -2.15. The monoisotopic (exact) mass is 407 g/mol. The molecule has 6 nitrogen and oxygen atoms in total. The van der Waals surface area contributed by atoms with Gasteiger partial charge in [0.15, 0.2) is 0 Å². The average Bonchev–Trinajstić information content (AvgIpc) is 3.14. The molecule has 0 aliphatic carbocycles. The van der Waals surface area contributed by atoms with Gasteiger partial charge in [0, 0.05) is 24.0 Å². The smallest absolute Gasteiger partial charge is 0.366 e. The first-order valence-corrected chi connectivity index (χ1v) is 9.05. The molecule has 3 rings (SSSR count). The first kappa shape index (κ1) is 19.6. The van der Waals surface area contributed by atoms with Gasteiger partial charge in [-0.25, -0.2) is 4.98 Å². The number of nitrogens with one attached hydrogen (secondary N) is 2. The first-order valence-electron chi connectivity index (χ1n) is 8.10. The highest BCUT2D eigenvalue weighted by molar-refractivity contribution is 7.07. The quantitative estimate of drug-likeness (QED) is 0.566. The Kier molecular flexibility index (Phi) is 5.50. The second-order valence-electron chi connectivity index (χ2n) is 5.96. The van der Waals surface area contributed by atoms with Gasteiger partial charge in [-0.05, 0) is 47.0 Å². The number of thiophene rings is 1. The van der Waals surface area contributed by atoms with Crippen molar-refractivity contribution in [3.8, 4) is 0 Å². The first-order chi connectivity index (χ1) is 13.2. The Morgan fingerprint density at radius 3 is 2.71 bits per heavy atom. The number of carbonyl (C=O) groups excluding carboxylic acids is 1. The third-order valence-electron chi connectivity index (χ3n) is 3.90. The number of amides is 1. The van der Waals surface area contributed by atoms with E-state index in [2.05, 4.69) is 20.6 Å². The number of rotatable bonds is 6. The highest BCUT2D eigenvalue weighted by Crippen LogP contribution is 2.34. The molecule has 28 heavy (non-hydrogen) atoms. The number of aryl methyl sites for hydroxylation is 1. The minimum absolute atomic E-state index is 0.0365. The van der Waals surface area contributed by atoms with Crippen molar-refractivity contribution in [3.05, 3.63) is 63.5 Å². The molecule has 4 N–H and O–H groups in total. The van der Waals surface area contributed by atoms with Gasteiger partial charge in [0.05, 0.1) is 0 Å². The fraction of sp³-hybridized carbons (Fsp3) is 0.167. The van der Waals surface area contributed by atoms with Gasteiger partial charge < -0.3 is 16.4 Å².